The van der Waals surface area contributed by atoms with E-state index in [1.54, 1.807) is 36.9 Å². The second-order valence-corrected chi connectivity index (χ2v) is 9.66. The molecule has 0 bridgehead atoms. The summed E-state index contributed by atoms with van der Waals surface area (Å²) < 4.78 is 29.4. The number of hydrogen-bond donors (Lipinski definition) is 1. The number of benzene rings is 2. The van der Waals surface area contributed by atoms with E-state index in [0.717, 1.165) is 30.1 Å². The molecule has 0 aliphatic carbocycles. The standard InChI is InChI=1S/C20H23NO4S2/c1-2-27(23,24)17-11-9-15(10-12-17)21-20(22)18-7-3-4-8-19(18)26-14-16-6-5-13-25-16/h3-4,7-12,16H,2,5-6,13-14H2,1H3,(H,21,22)/t16-/m0/s1. The molecule has 0 unspecified atom stereocenters. The average Bonchev–Trinajstić information content (AvgIpc) is 3.20. The Labute approximate surface area is 164 Å². The lowest BCUT2D eigenvalue weighted by atomic mass is 10.2. The van der Waals surface area contributed by atoms with Crippen LogP contribution in [0.3, 0.4) is 0 Å². The molecular weight excluding hydrogens is 382 g/mol. The maximum Gasteiger partial charge on any atom is 0.256 e. The van der Waals surface area contributed by atoms with Gasteiger partial charge in [0, 0.05) is 22.9 Å². The van der Waals surface area contributed by atoms with Crippen LogP contribution in [0.5, 0.6) is 0 Å². The lowest BCUT2D eigenvalue weighted by Gasteiger charge is -2.12. The summed E-state index contributed by atoms with van der Waals surface area (Å²) in [6.07, 6.45) is 2.41. The van der Waals surface area contributed by atoms with E-state index in [9.17, 15) is 13.2 Å². The van der Waals surface area contributed by atoms with Gasteiger partial charge in [0.15, 0.2) is 9.84 Å². The molecule has 1 aliphatic heterocycles. The van der Waals surface area contributed by atoms with Crippen molar-refractivity contribution in [2.75, 3.05) is 23.4 Å². The Balaban J connectivity index is 1.69. The number of rotatable bonds is 7. The highest BCUT2D eigenvalue weighted by Gasteiger charge is 2.18. The molecule has 2 aromatic rings. The van der Waals surface area contributed by atoms with Crippen LogP contribution in [0.25, 0.3) is 0 Å². The predicted molar refractivity (Wildman–Crippen MR) is 108 cm³/mol. The molecule has 0 saturated carbocycles. The average molecular weight is 406 g/mol. The maximum atomic E-state index is 12.7. The van der Waals surface area contributed by atoms with Gasteiger partial charge in [0.1, 0.15) is 0 Å². The normalized spacial score (nSPS) is 17.0. The molecule has 1 N–H and O–H groups in total. The fraction of sp³-hybridized carbons (Fsp3) is 0.350. The SMILES string of the molecule is CCS(=O)(=O)c1ccc(NC(=O)c2ccccc2SC[C@@H]2CCCO2)cc1. The third kappa shape index (κ3) is 5.12. The summed E-state index contributed by atoms with van der Waals surface area (Å²) in [4.78, 5) is 13.9. The quantitative estimate of drug-likeness (QED) is 0.705. The minimum absolute atomic E-state index is 0.0496. The van der Waals surface area contributed by atoms with E-state index in [4.69, 9.17) is 4.74 Å². The molecule has 1 amide bonds. The summed E-state index contributed by atoms with van der Waals surface area (Å²) in [7, 11) is -3.25. The van der Waals surface area contributed by atoms with Crippen molar-refractivity contribution in [3.8, 4) is 0 Å². The monoisotopic (exact) mass is 405 g/mol. The molecule has 2 aromatic carbocycles. The number of carbonyl (C=O) groups excluding carboxylic acids is 1. The van der Waals surface area contributed by atoms with Crippen LogP contribution in [0.15, 0.2) is 58.3 Å². The van der Waals surface area contributed by atoms with E-state index in [-0.39, 0.29) is 22.7 Å². The summed E-state index contributed by atoms with van der Waals surface area (Å²) in [5.41, 5.74) is 1.17. The van der Waals surface area contributed by atoms with Crippen LogP contribution < -0.4 is 5.32 Å². The van der Waals surface area contributed by atoms with Crippen molar-refractivity contribution in [1.82, 2.24) is 0 Å². The highest BCUT2D eigenvalue weighted by Crippen LogP contribution is 2.27. The summed E-state index contributed by atoms with van der Waals surface area (Å²) in [6.45, 7) is 2.42. The van der Waals surface area contributed by atoms with Gasteiger partial charge in [-0.05, 0) is 49.2 Å². The minimum atomic E-state index is -3.25. The molecule has 1 fully saturated rings. The van der Waals surface area contributed by atoms with E-state index in [1.807, 2.05) is 18.2 Å². The number of sulfone groups is 1. The lowest BCUT2D eigenvalue weighted by molar-refractivity contribution is 0.102. The Morgan fingerprint density at radius 3 is 2.59 bits per heavy atom. The first-order valence-electron chi connectivity index (χ1n) is 8.97. The van der Waals surface area contributed by atoms with E-state index < -0.39 is 9.84 Å². The van der Waals surface area contributed by atoms with Crippen LogP contribution in [-0.2, 0) is 14.6 Å². The zero-order valence-electron chi connectivity index (χ0n) is 15.2. The van der Waals surface area contributed by atoms with Crippen molar-refractivity contribution in [3.05, 3.63) is 54.1 Å². The maximum absolute atomic E-state index is 12.7. The predicted octanol–water partition coefficient (Wildman–Crippen LogP) is 4.00. The van der Waals surface area contributed by atoms with Crippen molar-refractivity contribution in [2.45, 2.75) is 35.7 Å². The van der Waals surface area contributed by atoms with Crippen LogP contribution in [0, 0.1) is 0 Å². The number of amides is 1. The summed E-state index contributed by atoms with van der Waals surface area (Å²) in [5, 5.41) is 2.84. The number of carbonyl (C=O) groups is 1. The van der Waals surface area contributed by atoms with Crippen molar-refractivity contribution in [2.24, 2.45) is 0 Å². The van der Waals surface area contributed by atoms with Crippen LogP contribution >= 0.6 is 11.8 Å². The molecule has 144 valence electrons. The van der Waals surface area contributed by atoms with Gasteiger partial charge in [-0.15, -0.1) is 11.8 Å². The molecular formula is C20H23NO4S2. The number of nitrogens with one attached hydrogen (secondary N) is 1. The highest BCUT2D eigenvalue weighted by atomic mass is 32.2. The number of thioether (sulfide) groups is 1. The van der Waals surface area contributed by atoms with Crippen LogP contribution in [0.1, 0.15) is 30.1 Å². The highest BCUT2D eigenvalue weighted by molar-refractivity contribution is 7.99. The Bertz CT molecular complexity index is 888. The van der Waals surface area contributed by atoms with Gasteiger partial charge in [0.2, 0.25) is 0 Å². The molecule has 5 nitrogen and oxygen atoms in total. The summed E-state index contributed by atoms with van der Waals surface area (Å²) in [6, 6.07) is 13.7. The molecule has 0 aromatic heterocycles. The van der Waals surface area contributed by atoms with Crippen molar-refractivity contribution in [3.63, 3.8) is 0 Å². The van der Waals surface area contributed by atoms with Crippen molar-refractivity contribution in [1.29, 1.82) is 0 Å². The zero-order chi connectivity index (χ0) is 19.3. The summed E-state index contributed by atoms with van der Waals surface area (Å²) >= 11 is 1.63. The van der Waals surface area contributed by atoms with Gasteiger partial charge < -0.3 is 10.1 Å². The molecule has 1 atom stereocenters. The van der Waals surface area contributed by atoms with Gasteiger partial charge in [-0.1, -0.05) is 19.1 Å². The fourth-order valence-corrected chi connectivity index (χ4v) is 4.85. The van der Waals surface area contributed by atoms with Gasteiger partial charge in [-0.25, -0.2) is 8.42 Å². The molecule has 27 heavy (non-hydrogen) atoms. The van der Waals surface area contributed by atoms with Gasteiger partial charge in [0.25, 0.3) is 5.91 Å². The van der Waals surface area contributed by atoms with Gasteiger partial charge in [-0.3, -0.25) is 4.79 Å². The number of anilines is 1. The van der Waals surface area contributed by atoms with Gasteiger partial charge in [0.05, 0.1) is 22.3 Å². The Kier molecular flexibility index (Phi) is 6.57. The van der Waals surface area contributed by atoms with Crippen LogP contribution in [0.4, 0.5) is 5.69 Å². The van der Waals surface area contributed by atoms with Crippen LogP contribution in [-0.4, -0.2) is 38.5 Å². The van der Waals surface area contributed by atoms with E-state index in [1.165, 1.54) is 12.1 Å². The van der Waals surface area contributed by atoms with Crippen LogP contribution in [0.2, 0.25) is 0 Å². The minimum Gasteiger partial charge on any atom is -0.377 e. The third-order valence-electron chi connectivity index (χ3n) is 4.43. The molecule has 1 aliphatic rings. The first-order chi connectivity index (χ1) is 13.0. The zero-order valence-corrected chi connectivity index (χ0v) is 16.8. The van der Waals surface area contributed by atoms with Crippen molar-refractivity contribution >= 4 is 33.2 Å². The second-order valence-electron chi connectivity index (χ2n) is 6.32. The van der Waals surface area contributed by atoms with E-state index in [2.05, 4.69) is 5.32 Å². The number of ether oxygens (including phenoxy) is 1. The Hall–Kier alpha value is -1.83. The number of hydrogen-bond acceptors (Lipinski definition) is 5. The molecule has 1 saturated heterocycles. The smallest absolute Gasteiger partial charge is 0.256 e. The van der Waals surface area contributed by atoms with E-state index >= 15 is 0 Å². The first kappa shape index (κ1) is 19.9. The first-order valence-corrected chi connectivity index (χ1v) is 11.6. The van der Waals surface area contributed by atoms with Gasteiger partial charge in [-0.2, -0.15) is 0 Å². The summed E-state index contributed by atoms with van der Waals surface area (Å²) in [5.74, 6) is 0.665. The molecule has 0 spiro atoms. The molecule has 3 rings (SSSR count). The second kappa shape index (κ2) is 8.91. The molecule has 7 heteroatoms. The largest absolute Gasteiger partial charge is 0.377 e. The van der Waals surface area contributed by atoms with Gasteiger partial charge >= 0.3 is 0 Å². The fourth-order valence-electron chi connectivity index (χ4n) is 2.85. The third-order valence-corrected chi connectivity index (χ3v) is 7.39. The van der Waals surface area contributed by atoms with Crippen molar-refractivity contribution < 1.29 is 17.9 Å². The Morgan fingerprint density at radius 2 is 1.93 bits per heavy atom. The Morgan fingerprint density at radius 1 is 1.19 bits per heavy atom. The lowest BCUT2D eigenvalue weighted by Crippen LogP contribution is -2.14. The topological polar surface area (TPSA) is 72.5 Å². The molecule has 1 heterocycles. The van der Waals surface area contributed by atoms with E-state index in [0.29, 0.717) is 11.3 Å². The molecule has 0 radical (unpaired) electrons.